The predicted octanol–water partition coefficient (Wildman–Crippen LogP) is 7.12. The second kappa shape index (κ2) is 17.4. The summed E-state index contributed by atoms with van der Waals surface area (Å²) in [5.74, 6) is 3.91. The first-order valence-corrected chi connectivity index (χ1v) is 19.4. The van der Waals surface area contributed by atoms with Crippen molar-refractivity contribution in [2.75, 3.05) is 42.1 Å². The zero-order valence-electron chi connectivity index (χ0n) is 35.2. The van der Waals surface area contributed by atoms with E-state index in [0.717, 1.165) is 39.3 Å². The lowest BCUT2D eigenvalue weighted by Gasteiger charge is -2.26. The summed E-state index contributed by atoms with van der Waals surface area (Å²) in [6.45, 7) is 8.45. The minimum atomic E-state index is -0.242. The summed E-state index contributed by atoms with van der Waals surface area (Å²) in [6.07, 6.45) is 3.84. The highest BCUT2D eigenvalue weighted by Gasteiger charge is 2.37. The van der Waals surface area contributed by atoms with Crippen molar-refractivity contribution in [3.05, 3.63) is 112 Å². The molecule has 0 bridgehead atoms. The first kappa shape index (κ1) is 41.1. The van der Waals surface area contributed by atoms with E-state index in [0.29, 0.717) is 58.7 Å². The van der Waals surface area contributed by atoms with E-state index in [1.54, 1.807) is 62.9 Å². The van der Waals surface area contributed by atoms with E-state index in [9.17, 15) is 9.59 Å². The highest BCUT2D eigenvalue weighted by Crippen LogP contribution is 2.36. The first-order valence-electron chi connectivity index (χ1n) is 19.4. The van der Waals surface area contributed by atoms with Crippen molar-refractivity contribution in [1.29, 1.82) is 0 Å². The molecule has 0 unspecified atom stereocenters. The molecule has 1 aliphatic rings. The monoisotopic (exact) mass is 815 g/mol. The van der Waals surface area contributed by atoms with Gasteiger partial charge in [0.2, 0.25) is 11.8 Å². The van der Waals surface area contributed by atoms with Gasteiger partial charge in [-0.2, -0.15) is 10.2 Å². The van der Waals surface area contributed by atoms with Crippen LogP contribution in [0.15, 0.2) is 90.0 Å². The number of hydrogen-bond donors (Lipinski definition) is 1. The first-order chi connectivity index (χ1) is 28.9. The van der Waals surface area contributed by atoms with Gasteiger partial charge in [0, 0.05) is 30.0 Å². The molecule has 4 aromatic heterocycles. The quantitative estimate of drug-likeness (QED) is 0.134. The molecular weight excluding hydrogens is 767 g/mol. The summed E-state index contributed by atoms with van der Waals surface area (Å²) in [5, 5.41) is 8.88. The number of amides is 1. The molecule has 7 aromatic rings. The summed E-state index contributed by atoms with van der Waals surface area (Å²) in [6, 6.07) is 22.6. The van der Waals surface area contributed by atoms with E-state index >= 15 is 0 Å². The normalized spacial score (nSPS) is 14.7. The van der Waals surface area contributed by atoms with E-state index in [1.165, 1.54) is 0 Å². The number of aryl methyl sites for hydroxylation is 2. The molecule has 1 fully saturated rings. The van der Waals surface area contributed by atoms with Crippen LogP contribution in [-0.4, -0.2) is 88.2 Å². The number of hydrogen-bond acceptors (Lipinski definition) is 11. The van der Waals surface area contributed by atoms with Crippen molar-refractivity contribution in [3.8, 4) is 57.1 Å². The lowest BCUT2D eigenvalue weighted by molar-refractivity contribution is -0.129. The molecule has 0 radical (unpaired) electrons. The van der Waals surface area contributed by atoms with Crippen molar-refractivity contribution in [3.63, 3.8) is 0 Å². The van der Waals surface area contributed by atoms with Crippen LogP contribution < -0.4 is 34.0 Å². The second-order valence-electron chi connectivity index (χ2n) is 14.6. The van der Waals surface area contributed by atoms with Crippen LogP contribution in [0.25, 0.3) is 33.5 Å². The molecule has 60 heavy (non-hydrogen) atoms. The minimum Gasteiger partial charge on any atom is -0.497 e. The Morgan fingerprint density at radius 3 is 1.88 bits per heavy atom. The molecule has 1 amide bonds. The Morgan fingerprint density at radius 1 is 0.683 bits per heavy atom. The molecule has 312 valence electrons. The highest BCUT2D eigenvalue weighted by molar-refractivity contribution is 5.79. The summed E-state index contributed by atoms with van der Waals surface area (Å²) in [5.41, 5.74) is 6.85. The molecule has 3 atom stereocenters. The van der Waals surface area contributed by atoms with Gasteiger partial charge in [0.25, 0.3) is 5.56 Å². The smallest absolute Gasteiger partial charge is 0.274 e. The summed E-state index contributed by atoms with van der Waals surface area (Å²) >= 11 is 0. The number of rotatable bonds is 12. The molecule has 8 rings (SSSR count). The molecule has 0 saturated carbocycles. The Balaban J connectivity index is 0.000000218. The number of nitrogens with zero attached hydrogens (tertiary/aromatic N) is 6. The fraction of sp³-hybridized carbons (Fsp3) is 0.311. The number of ether oxygens (including phenoxy) is 6. The Bertz CT molecular complexity index is 2710. The van der Waals surface area contributed by atoms with Crippen LogP contribution in [0.3, 0.4) is 0 Å². The van der Waals surface area contributed by atoms with E-state index in [1.807, 2.05) is 92.5 Å². The zero-order chi connectivity index (χ0) is 42.7. The molecule has 15 heteroatoms. The maximum Gasteiger partial charge on any atom is 0.274 e. The molecule has 15 nitrogen and oxygen atoms in total. The number of carbonyl (C=O) groups excluding carboxylic acids is 1. The molecule has 1 N–H and O–H groups in total. The Labute approximate surface area is 347 Å². The summed E-state index contributed by atoms with van der Waals surface area (Å²) in [7, 11) is 8.01. The Kier molecular flexibility index (Phi) is 12.0. The molecule has 1 aliphatic heterocycles. The van der Waals surface area contributed by atoms with Crippen molar-refractivity contribution in [2.45, 2.75) is 46.3 Å². The average molecular weight is 816 g/mol. The van der Waals surface area contributed by atoms with Gasteiger partial charge in [0.05, 0.1) is 76.8 Å². The van der Waals surface area contributed by atoms with Crippen LogP contribution >= 0.6 is 0 Å². The van der Waals surface area contributed by atoms with Gasteiger partial charge in [0.15, 0.2) is 23.0 Å². The topological polar surface area (TPSA) is 156 Å². The van der Waals surface area contributed by atoms with Crippen molar-refractivity contribution in [2.24, 2.45) is 5.92 Å². The number of methoxy groups -OCH3 is 5. The number of nitrogens with one attached hydrogen (secondary N) is 1. The van der Waals surface area contributed by atoms with Gasteiger partial charge in [0.1, 0.15) is 22.9 Å². The van der Waals surface area contributed by atoms with Crippen molar-refractivity contribution in [1.82, 2.24) is 34.1 Å². The third kappa shape index (κ3) is 8.42. The van der Waals surface area contributed by atoms with Crippen molar-refractivity contribution >= 4 is 16.9 Å². The summed E-state index contributed by atoms with van der Waals surface area (Å²) < 4.78 is 36.5. The Morgan fingerprint density at radius 2 is 1.27 bits per heavy atom. The predicted molar refractivity (Wildman–Crippen MR) is 227 cm³/mol. The number of benzene rings is 3. The molecule has 5 heterocycles. The molecule has 1 saturated heterocycles. The number of likely N-dealkylation sites (tertiary alicyclic amines) is 1. The largest absolute Gasteiger partial charge is 0.497 e. The van der Waals surface area contributed by atoms with Crippen LogP contribution in [0, 0.1) is 19.8 Å². The van der Waals surface area contributed by atoms with Crippen LogP contribution in [0.1, 0.15) is 43.3 Å². The summed E-state index contributed by atoms with van der Waals surface area (Å²) in [4.78, 5) is 34.8. The van der Waals surface area contributed by atoms with Gasteiger partial charge in [-0.05, 0) is 93.9 Å². The SMILES string of the molecule is COc1ccc(-c2cn3nc(C)cc3c(=O)[nH]2)cc1OC.COc1ccc([C@@H](C)N2C[C@H]([C@@H](C)Oc3nc(-c4ccc(OC)c(OC)c4)cn4nc(C)cc34)CC2=O)cc1. The molecule has 0 aliphatic carbocycles. The van der Waals surface area contributed by atoms with Crippen molar-refractivity contribution < 1.29 is 33.2 Å². The number of fused-ring (bicyclic) bond motifs is 2. The van der Waals surface area contributed by atoms with E-state index in [-0.39, 0.29) is 29.5 Å². The zero-order valence-corrected chi connectivity index (χ0v) is 35.2. The lowest BCUT2D eigenvalue weighted by atomic mass is 10.0. The molecule has 0 spiro atoms. The van der Waals surface area contributed by atoms with Gasteiger partial charge in [-0.15, -0.1) is 0 Å². The molecule has 3 aromatic carbocycles. The fourth-order valence-electron chi connectivity index (χ4n) is 7.37. The van der Waals surface area contributed by atoms with E-state index in [4.69, 9.17) is 33.4 Å². The standard InChI is InChI=1S/C30H34N4O5.C15H15N3O3/c1-18-13-26-30(31-25(17-34(26)32-18)22-9-12-27(37-5)28(14-22)38-6)39-20(3)23-15-29(35)33(16-23)19(2)21-7-10-24(36-4)11-8-21;1-9-6-12-15(19)16-11(8-18(12)17-9)10-4-5-13(20-2)14(7-10)21-3/h7-14,17,19-20,23H,15-16H2,1-6H3;4-8H,1-3H3,(H,16,19)/t19-,20-,23-;/m1./s1. The maximum absolute atomic E-state index is 13.0. The average Bonchev–Trinajstić information content (AvgIpc) is 3.98. The number of H-pyrrole nitrogens is 1. The fourth-order valence-corrected chi connectivity index (χ4v) is 7.37. The number of aromatic amines is 1. The Hall–Kier alpha value is -7.03. The lowest BCUT2D eigenvalue weighted by Crippen LogP contribution is -2.31. The van der Waals surface area contributed by atoms with Crippen LogP contribution in [0.4, 0.5) is 0 Å². The highest BCUT2D eigenvalue weighted by atomic mass is 16.5. The van der Waals surface area contributed by atoms with Gasteiger partial charge < -0.3 is 38.3 Å². The second-order valence-corrected chi connectivity index (χ2v) is 14.6. The third-order valence-electron chi connectivity index (χ3n) is 10.7. The maximum atomic E-state index is 13.0. The third-order valence-corrected chi connectivity index (χ3v) is 10.7. The van der Waals surface area contributed by atoms with Gasteiger partial charge in [-0.25, -0.2) is 14.0 Å². The van der Waals surface area contributed by atoms with Gasteiger partial charge in [-0.1, -0.05) is 12.1 Å². The number of aromatic nitrogens is 6. The van der Waals surface area contributed by atoms with Gasteiger partial charge in [-0.3, -0.25) is 9.59 Å². The van der Waals surface area contributed by atoms with E-state index in [2.05, 4.69) is 22.1 Å². The van der Waals surface area contributed by atoms with Crippen LogP contribution in [0.2, 0.25) is 0 Å². The van der Waals surface area contributed by atoms with E-state index < -0.39 is 0 Å². The van der Waals surface area contributed by atoms with Crippen LogP contribution in [0.5, 0.6) is 34.6 Å². The molecular formula is C45H49N7O8. The minimum absolute atomic E-state index is 0.0220. The number of carbonyl (C=O) groups is 1. The van der Waals surface area contributed by atoms with Crippen LogP contribution in [-0.2, 0) is 4.79 Å². The van der Waals surface area contributed by atoms with Gasteiger partial charge >= 0.3 is 0 Å².